The number of hydrogen-bond acceptors (Lipinski definition) is 4. The molecule has 4 rings (SSSR count). The summed E-state index contributed by atoms with van der Waals surface area (Å²) >= 11 is 1.28. The van der Waals surface area contributed by atoms with E-state index >= 15 is 0 Å². The van der Waals surface area contributed by atoms with Gasteiger partial charge in [-0.15, -0.1) is 11.3 Å². The molecule has 0 aliphatic heterocycles. The minimum Gasteiger partial charge on any atom is -0.464 e. The van der Waals surface area contributed by atoms with Crippen molar-refractivity contribution in [2.75, 3.05) is 5.32 Å². The van der Waals surface area contributed by atoms with Gasteiger partial charge < -0.3 is 15.5 Å². The fourth-order valence-electron chi connectivity index (χ4n) is 3.23. The van der Waals surface area contributed by atoms with Crippen molar-refractivity contribution in [1.29, 1.82) is 0 Å². The molecule has 122 valence electrons. The SMILES string of the molecule is NC(=O)c1ccsc1NC(=O)Cc1coc2cc3c(cc12)CCC3. The first-order chi connectivity index (χ1) is 11.6. The van der Waals surface area contributed by atoms with Crippen molar-refractivity contribution < 1.29 is 14.0 Å². The number of thiophene rings is 1. The molecule has 0 spiro atoms. The predicted molar refractivity (Wildman–Crippen MR) is 93.4 cm³/mol. The summed E-state index contributed by atoms with van der Waals surface area (Å²) in [4.78, 5) is 23.7. The molecule has 0 fully saturated rings. The van der Waals surface area contributed by atoms with Gasteiger partial charge in [-0.3, -0.25) is 9.59 Å². The van der Waals surface area contributed by atoms with Gasteiger partial charge in [0.15, 0.2) is 0 Å². The topological polar surface area (TPSA) is 85.3 Å². The lowest BCUT2D eigenvalue weighted by atomic mass is 10.0. The third-order valence-corrected chi connectivity index (χ3v) is 5.23. The smallest absolute Gasteiger partial charge is 0.251 e. The molecule has 24 heavy (non-hydrogen) atoms. The predicted octanol–water partition coefficient (Wildman–Crippen LogP) is 3.26. The van der Waals surface area contributed by atoms with Crippen molar-refractivity contribution >= 4 is 39.1 Å². The van der Waals surface area contributed by atoms with Crippen LogP contribution in [0.3, 0.4) is 0 Å². The second-order valence-electron chi connectivity index (χ2n) is 5.98. The van der Waals surface area contributed by atoms with Crippen LogP contribution in [0.2, 0.25) is 0 Å². The maximum Gasteiger partial charge on any atom is 0.251 e. The molecule has 1 aliphatic rings. The molecular weight excluding hydrogens is 324 g/mol. The van der Waals surface area contributed by atoms with Gasteiger partial charge in [0, 0.05) is 10.9 Å². The minimum atomic E-state index is -0.545. The molecule has 2 aromatic heterocycles. The Morgan fingerprint density at radius 2 is 2.04 bits per heavy atom. The molecule has 0 unspecified atom stereocenters. The zero-order chi connectivity index (χ0) is 16.7. The maximum atomic E-state index is 12.3. The van der Waals surface area contributed by atoms with Gasteiger partial charge in [-0.1, -0.05) is 0 Å². The van der Waals surface area contributed by atoms with Gasteiger partial charge in [-0.25, -0.2) is 0 Å². The first kappa shape index (κ1) is 15.0. The van der Waals surface area contributed by atoms with Crippen LogP contribution in [-0.2, 0) is 24.1 Å². The van der Waals surface area contributed by atoms with Gasteiger partial charge in [0.05, 0.1) is 18.2 Å². The number of carbonyl (C=O) groups excluding carboxylic acids is 2. The molecule has 1 aliphatic carbocycles. The quantitative estimate of drug-likeness (QED) is 0.764. The number of aryl methyl sites for hydroxylation is 2. The first-order valence-corrected chi connectivity index (χ1v) is 8.69. The van der Waals surface area contributed by atoms with Crippen LogP contribution in [0.25, 0.3) is 11.0 Å². The second kappa shape index (κ2) is 5.79. The highest BCUT2D eigenvalue weighted by atomic mass is 32.1. The van der Waals surface area contributed by atoms with E-state index in [9.17, 15) is 9.59 Å². The molecular formula is C18H16N2O3S. The van der Waals surface area contributed by atoms with Crippen molar-refractivity contribution in [3.63, 3.8) is 0 Å². The Morgan fingerprint density at radius 1 is 1.25 bits per heavy atom. The number of furan rings is 1. The van der Waals surface area contributed by atoms with E-state index in [0.717, 1.165) is 29.4 Å². The van der Waals surface area contributed by atoms with Crippen LogP contribution in [0.4, 0.5) is 5.00 Å². The van der Waals surface area contributed by atoms with Gasteiger partial charge in [0.2, 0.25) is 5.91 Å². The number of carbonyl (C=O) groups is 2. The van der Waals surface area contributed by atoms with E-state index in [4.69, 9.17) is 10.2 Å². The number of rotatable bonds is 4. The maximum absolute atomic E-state index is 12.3. The highest BCUT2D eigenvalue weighted by Gasteiger charge is 2.18. The number of anilines is 1. The lowest BCUT2D eigenvalue weighted by molar-refractivity contribution is -0.115. The summed E-state index contributed by atoms with van der Waals surface area (Å²) in [5, 5.41) is 5.97. The number of benzene rings is 1. The summed E-state index contributed by atoms with van der Waals surface area (Å²) in [5.74, 6) is -0.737. The van der Waals surface area contributed by atoms with E-state index in [2.05, 4.69) is 17.4 Å². The fourth-order valence-corrected chi connectivity index (χ4v) is 4.04. The average molecular weight is 340 g/mol. The fraction of sp³-hybridized carbons (Fsp3) is 0.222. The van der Waals surface area contributed by atoms with Crippen LogP contribution in [-0.4, -0.2) is 11.8 Å². The molecule has 0 radical (unpaired) electrons. The third kappa shape index (κ3) is 2.59. The lowest BCUT2D eigenvalue weighted by Gasteiger charge is -2.04. The van der Waals surface area contributed by atoms with Crippen molar-refractivity contribution in [3.8, 4) is 0 Å². The minimum absolute atomic E-state index is 0.192. The van der Waals surface area contributed by atoms with Crippen LogP contribution in [0.5, 0.6) is 0 Å². The van der Waals surface area contributed by atoms with Crippen molar-refractivity contribution in [3.05, 3.63) is 52.1 Å². The molecule has 5 nitrogen and oxygen atoms in total. The monoisotopic (exact) mass is 340 g/mol. The Labute approximate surface area is 142 Å². The number of fused-ring (bicyclic) bond motifs is 2. The number of nitrogens with one attached hydrogen (secondary N) is 1. The third-order valence-electron chi connectivity index (χ3n) is 4.40. The zero-order valence-electron chi connectivity index (χ0n) is 12.9. The number of nitrogens with two attached hydrogens (primary N) is 1. The molecule has 2 amide bonds. The summed E-state index contributed by atoms with van der Waals surface area (Å²) < 4.78 is 5.62. The van der Waals surface area contributed by atoms with Crippen LogP contribution in [0, 0.1) is 0 Å². The summed E-state index contributed by atoms with van der Waals surface area (Å²) in [6, 6.07) is 5.84. The van der Waals surface area contributed by atoms with Crippen molar-refractivity contribution in [1.82, 2.24) is 0 Å². The van der Waals surface area contributed by atoms with E-state index in [-0.39, 0.29) is 12.3 Å². The van der Waals surface area contributed by atoms with Crippen LogP contribution >= 0.6 is 11.3 Å². The van der Waals surface area contributed by atoms with Gasteiger partial charge in [0.25, 0.3) is 5.91 Å². The van der Waals surface area contributed by atoms with E-state index in [1.54, 1.807) is 17.7 Å². The van der Waals surface area contributed by atoms with Crippen molar-refractivity contribution in [2.45, 2.75) is 25.7 Å². The largest absolute Gasteiger partial charge is 0.464 e. The standard InChI is InChI=1S/C18H16N2O3S/c19-17(22)13-4-5-24-18(13)20-16(21)8-12-9-23-15-7-11-3-1-2-10(11)6-14(12)15/h4-7,9H,1-3,8H2,(H2,19,22)(H,20,21). The van der Waals surface area contributed by atoms with E-state index < -0.39 is 5.91 Å². The van der Waals surface area contributed by atoms with Gasteiger partial charge in [-0.05, 0) is 54.0 Å². The Morgan fingerprint density at radius 3 is 2.83 bits per heavy atom. The number of hydrogen-bond donors (Lipinski definition) is 2. The summed E-state index contributed by atoms with van der Waals surface area (Å²) in [5.41, 5.74) is 10.0. The Hall–Kier alpha value is -2.60. The van der Waals surface area contributed by atoms with E-state index in [1.807, 2.05) is 0 Å². The van der Waals surface area contributed by atoms with Crippen LogP contribution in [0.15, 0.2) is 34.3 Å². The number of amides is 2. The molecule has 0 bridgehead atoms. The molecule has 6 heteroatoms. The highest BCUT2D eigenvalue weighted by molar-refractivity contribution is 7.14. The molecule has 3 aromatic rings. The second-order valence-corrected chi connectivity index (χ2v) is 6.90. The van der Waals surface area contributed by atoms with Crippen LogP contribution in [0.1, 0.15) is 33.5 Å². The Bertz CT molecular complexity index is 954. The van der Waals surface area contributed by atoms with Gasteiger partial charge >= 0.3 is 0 Å². The summed E-state index contributed by atoms with van der Waals surface area (Å²) in [6.07, 6.45) is 5.19. The average Bonchev–Trinajstić information content (AvgIpc) is 3.25. The first-order valence-electron chi connectivity index (χ1n) is 7.81. The normalized spacial score (nSPS) is 13.2. The Kier molecular flexibility index (Phi) is 3.61. The Balaban J connectivity index is 1.57. The molecule has 3 N–H and O–H groups in total. The molecule has 0 saturated carbocycles. The molecule has 0 saturated heterocycles. The number of primary amides is 1. The van der Waals surface area contributed by atoms with Crippen molar-refractivity contribution in [2.24, 2.45) is 5.73 Å². The van der Waals surface area contributed by atoms with E-state index in [1.165, 1.54) is 28.9 Å². The van der Waals surface area contributed by atoms with Crippen LogP contribution < -0.4 is 11.1 Å². The van der Waals surface area contributed by atoms with E-state index in [0.29, 0.717) is 10.6 Å². The van der Waals surface area contributed by atoms with Gasteiger partial charge in [0.1, 0.15) is 10.6 Å². The molecule has 0 atom stereocenters. The van der Waals surface area contributed by atoms with Gasteiger partial charge in [-0.2, -0.15) is 0 Å². The summed E-state index contributed by atoms with van der Waals surface area (Å²) in [6.45, 7) is 0. The summed E-state index contributed by atoms with van der Waals surface area (Å²) in [7, 11) is 0. The highest BCUT2D eigenvalue weighted by Crippen LogP contribution is 2.31. The molecule has 1 aromatic carbocycles. The lowest BCUT2D eigenvalue weighted by Crippen LogP contribution is -2.17. The zero-order valence-corrected chi connectivity index (χ0v) is 13.7. The molecule has 2 heterocycles.